The SMILES string of the molecule is CCCCCCOc1cccc(N(C)c2nc(C)nc3ccccc23)c1. The predicted molar refractivity (Wildman–Crippen MR) is 108 cm³/mol. The zero-order valence-electron chi connectivity index (χ0n) is 15.9. The molecule has 0 unspecified atom stereocenters. The average molecular weight is 349 g/mol. The molecule has 136 valence electrons. The van der Waals surface area contributed by atoms with Crippen molar-refractivity contribution in [2.45, 2.75) is 39.5 Å². The van der Waals surface area contributed by atoms with Crippen LogP contribution in [0.5, 0.6) is 5.75 Å². The van der Waals surface area contributed by atoms with Gasteiger partial charge in [0.25, 0.3) is 0 Å². The van der Waals surface area contributed by atoms with Gasteiger partial charge in [-0.3, -0.25) is 0 Å². The lowest BCUT2D eigenvalue weighted by atomic mass is 10.2. The van der Waals surface area contributed by atoms with Gasteiger partial charge >= 0.3 is 0 Å². The molecule has 0 aliphatic carbocycles. The van der Waals surface area contributed by atoms with E-state index in [1.54, 1.807) is 0 Å². The number of benzene rings is 2. The van der Waals surface area contributed by atoms with Gasteiger partial charge in [-0.05, 0) is 37.6 Å². The number of fused-ring (bicyclic) bond motifs is 1. The Bertz CT molecular complexity index is 863. The van der Waals surface area contributed by atoms with Crippen molar-refractivity contribution in [3.8, 4) is 5.75 Å². The number of rotatable bonds is 8. The molecular formula is C22H27N3O. The molecule has 0 radical (unpaired) electrons. The van der Waals surface area contributed by atoms with Gasteiger partial charge < -0.3 is 9.64 Å². The van der Waals surface area contributed by atoms with Crippen molar-refractivity contribution in [2.75, 3.05) is 18.6 Å². The first-order valence-corrected chi connectivity index (χ1v) is 9.39. The number of aromatic nitrogens is 2. The number of aryl methyl sites for hydroxylation is 1. The molecule has 3 aromatic rings. The number of unbranched alkanes of at least 4 members (excludes halogenated alkanes) is 3. The molecule has 3 rings (SSSR count). The summed E-state index contributed by atoms with van der Waals surface area (Å²) in [5, 5.41) is 1.05. The second-order valence-corrected chi connectivity index (χ2v) is 6.58. The minimum atomic E-state index is 0.767. The molecule has 26 heavy (non-hydrogen) atoms. The van der Waals surface area contributed by atoms with E-state index in [0.29, 0.717) is 0 Å². The third-order valence-corrected chi connectivity index (χ3v) is 4.48. The van der Waals surface area contributed by atoms with Gasteiger partial charge in [0.05, 0.1) is 12.1 Å². The van der Waals surface area contributed by atoms with Crippen LogP contribution in [-0.4, -0.2) is 23.6 Å². The molecule has 0 bridgehead atoms. The minimum absolute atomic E-state index is 0.767. The number of hydrogen-bond donors (Lipinski definition) is 0. The molecule has 0 atom stereocenters. The van der Waals surface area contributed by atoms with Crippen LogP contribution in [-0.2, 0) is 0 Å². The van der Waals surface area contributed by atoms with Gasteiger partial charge in [0.15, 0.2) is 0 Å². The zero-order valence-corrected chi connectivity index (χ0v) is 15.9. The van der Waals surface area contributed by atoms with Crippen molar-refractivity contribution in [1.29, 1.82) is 0 Å². The Morgan fingerprint density at radius 1 is 0.962 bits per heavy atom. The Hall–Kier alpha value is -2.62. The highest BCUT2D eigenvalue weighted by Gasteiger charge is 2.12. The van der Waals surface area contributed by atoms with Gasteiger partial charge in [0.2, 0.25) is 0 Å². The van der Waals surface area contributed by atoms with E-state index in [0.717, 1.165) is 47.0 Å². The first-order valence-electron chi connectivity index (χ1n) is 9.39. The third kappa shape index (κ3) is 4.31. The van der Waals surface area contributed by atoms with Crippen LogP contribution in [0, 0.1) is 6.92 Å². The summed E-state index contributed by atoms with van der Waals surface area (Å²) in [6, 6.07) is 16.3. The van der Waals surface area contributed by atoms with Crippen molar-refractivity contribution >= 4 is 22.4 Å². The number of para-hydroxylation sites is 1. The summed E-state index contributed by atoms with van der Waals surface area (Å²) in [7, 11) is 2.04. The van der Waals surface area contributed by atoms with E-state index >= 15 is 0 Å². The maximum absolute atomic E-state index is 5.93. The van der Waals surface area contributed by atoms with Crippen LogP contribution in [0.25, 0.3) is 10.9 Å². The van der Waals surface area contributed by atoms with Crippen molar-refractivity contribution in [1.82, 2.24) is 9.97 Å². The molecule has 4 heteroatoms. The standard InChI is InChI=1S/C22H27N3O/c1-4-5-6-9-15-26-19-12-10-11-18(16-19)25(3)22-20-13-7-8-14-21(20)23-17(2)24-22/h7-8,10-14,16H,4-6,9,15H2,1-3H3. The average Bonchev–Trinajstić information content (AvgIpc) is 2.67. The van der Waals surface area contributed by atoms with E-state index in [-0.39, 0.29) is 0 Å². The van der Waals surface area contributed by atoms with Gasteiger partial charge in [-0.25, -0.2) is 9.97 Å². The van der Waals surface area contributed by atoms with Crippen LogP contribution in [0.3, 0.4) is 0 Å². The Morgan fingerprint density at radius 2 is 1.81 bits per heavy atom. The first-order chi connectivity index (χ1) is 12.7. The lowest BCUT2D eigenvalue weighted by molar-refractivity contribution is 0.305. The van der Waals surface area contributed by atoms with Crippen molar-refractivity contribution in [3.63, 3.8) is 0 Å². The maximum atomic E-state index is 5.93. The second-order valence-electron chi connectivity index (χ2n) is 6.58. The van der Waals surface area contributed by atoms with Crippen LogP contribution >= 0.6 is 0 Å². The van der Waals surface area contributed by atoms with Crippen molar-refractivity contribution in [3.05, 3.63) is 54.4 Å². The summed E-state index contributed by atoms with van der Waals surface area (Å²) in [6.45, 7) is 4.92. The summed E-state index contributed by atoms with van der Waals surface area (Å²) in [5.74, 6) is 2.59. The second kappa shape index (κ2) is 8.65. The fourth-order valence-electron chi connectivity index (χ4n) is 3.05. The first kappa shape index (κ1) is 18.2. The zero-order chi connectivity index (χ0) is 18.4. The van der Waals surface area contributed by atoms with E-state index in [4.69, 9.17) is 4.74 Å². The monoisotopic (exact) mass is 349 g/mol. The highest BCUT2D eigenvalue weighted by Crippen LogP contribution is 2.30. The lowest BCUT2D eigenvalue weighted by Crippen LogP contribution is -2.13. The molecule has 1 aromatic heterocycles. The fourth-order valence-corrected chi connectivity index (χ4v) is 3.05. The predicted octanol–water partition coefficient (Wildman–Crippen LogP) is 5.67. The van der Waals surface area contributed by atoms with E-state index in [2.05, 4.69) is 40.0 Å². The van der Waals surface area contributed by atoms with Gasteiger partial charge in [0, 0.05) is 24.2 Å². The van der Waals surface area contributed by atoms with Crippen LogP contribution in [0.15, 0.2) is 48.5 Å². The third-order valence-electron chi connectivity index (χ3n) is 4.48. The summed E-state index contributed by atoms with van der Waals surface area (Å²) < 4.78 is 5.93. The molecule has 0 fully saturated rings. The maximum Gasteiger partial charge on any atom is 0.144 e. The van der Waals surface area contributed by atoms with Crippen LogP contribution < -0.4 is 9.64 Å². The number of nitrogens with zero attached hydrogens (tertiary/aromatic N) is 3. The molecule has 0 aliphatic heterocycles. The quantitative estimate of drug-likeness (QED) is 0.491. The molecule has 0 amide bonds. The van der Waals surface area contributed by atoms with Crippen molar-refractivity contribution < 1.29 is 4.74 Å². The Morgan fingerprint density at radius 3 is 2.65 bits per heavy atom. The highest BCUT2D eigenvalue weighted by atomic mass is 16.5. The highest BCUT2D eigenvalue weighted by molar-refractivity contribution is 5.91. The molecular weight excluding hydrogens is 322 g/mol. The molecule has 2 aromatic carbocycles. The Labute approximate surface area is 155 Å². The Balaban J connectivity index is 1.80. The van der Waals surface area contributed by atoms with Gasteiger partial charge in [-0.1, -0.05) is 44.4 Å². The van der Waals surface area contributed by atoms with Crippen LogP contribution in [0.4, 0.5) is 11.5 Å². The molecule has 0 N–H and O–H groups in total. The molecule has 0 saturated heterocycles. The molecule has 0 spiro atoms. The summed E-state index contributed by atoms with van der Waals surface area (Å²) in [5.41, 5.74) is 2.02. The van der Waals surface area contributed by atoms with Gasteiger partial charge in [-0.15, -0.1) is 0 Å². The summed E-state index contributed by atoms with van der Waals surface area (Å²) in [6.07, 6.45) is 4.84. The van der Waals surface area contributed by atoms with E-state index < -0.39 is 0 Å². The lowest BCUT2D eigenvalue weighted by Gasteiger charge is -2.21. The molecule has 1 heterocycles. The normalized spacial score (nSPS) is 10.9. The smallest absolute Gasteiger partial charge is 0.144 e. The van der Waals surface area contributed by atoms with Gasteiger partial charge in [-0.2, -0.15) is 0 Å². The van der Waals surface area contributed by atoms with E-state index in [9.17, 15) is 0 Å². The van der Waals surface area contributed by atoms with Crippen LogP contribution in [0.1, 0.15) is 38.4 Å². The van der Waals surface area contributed by atoms with E-state index in [1.165, 1.54) is 19.3 Å². The number of anilines is 2. The Kier molecular flexibility index (Phi) is 6.05. The number of ether oxygens (including phenoxy) is 1. The summed E-state index contributed by atoms with van der Waals surface area (Å²) in [4.78, 5) is 11.3. The largest absolute Gasteiger partial charge is 0.494 e. The molecule has 0 aliphatic rings. The van der Waals surface area contributed by atoms with Crippen LogP contribution in [0.2, 0.25) is 0 Å². The van der Waals surface area contributed by atoms with E-state index in [1.807, 2.05) is 44.3 Å². The van der Waals surface area contributed by atoms with Crippen molar-refractivity contribution in [2.24, 2.45) is 0 Å². The molecule has 4 nitrogen and oxygen atoms in total. The fraction of sp³-hybridized carbons (Fsp3) is 0.364. The topological polar surface area (TPSA) is 38.2 Å². The summed E-state index contributed by atoms with van der Waals surface area (Å²) >= 11 is 0. The molecule has 0 saturated carbocycles. The van der Waals surface area contributed by atoms with Gasteiger partial charge in [0.1, 0.15) is 17.4 Å². The number of hydrogen-bond acceptors (Lipinski definition) is 4. The minimum Gasteiger partial charge on any atom is -0.494 e.